The fraction of sp³-hybridized carbons (Fsp3) is 0. The lowest BCUT2D eigenvalue weighted by Crippen LogP contribution is -2.06. The molecule has 0 spiro atoms. The molecule has 0 amide bonds. The van der Waals surface area contributed by atoms with E-state index >= 15 is 0 Å². The van der Waals surface area contributed by atoms with Gasteiger partial charge in [-0.2, -0.15) is 0 Å². The Labute approximate surface area is 107 Å². The minimum atomic E-state index is -0.667. The quantitative estimate of drug-likeness (QED) is 0.778. The van der Waals surface area contributed by atoms with Crippen molar-refractivity contribution in [3.05, 3.63) is 63.6 Å². The highest BCUT2D eigenvalue weighted by atomic mass is 35.5. The molecule has 0 saturated heterocycles. The third-order valence-electron chi connectivity index (χ3n) is 2.14. The van der Waals surface area contributed by atoms with Crippen molar-refractivity contribution in [2.45, 2.75) is 0 Å². The monoisotopic (exact) mass is 269 g/mol. The van der Waals surface area contributed by atoms with Gasteiger partial charge in [-0.15, -0.1) is 0 Å². The SMILES string of the molecule is O=C(c1ccc(Cl)cn1)c1ccc(Cl)cc1F. The van der Waals surface area contributed by atoms with Crippen molar-refractivity contribution >= 4 is 29.0 Å². The summed E-state index contributed by atoms with van der Waals surface area (Å²) in [5.74, 6) is -1.17. The van der Waals surface area contributed by atoms with E-state index < -0.39 is 11.6 Å². The van der Waals surface area contributed by atoms with Crippen molar-refractivity contribution in [2.24, 2.45) is 0 Å². The largest absolute Gasteiger partial charge is 0.287 e. The molecule has 0 aliphatic heterocycles. The Hall–Kier alpha value is -1.45. The Kier molecular flexibility index (Phi) is 3.41. The zero-order chi connectivity index (χ0) is 12.4. The van der Waals surface area contributed by atoms with Crippen LogP contribution in [0.25, 0.3) is 0 Å². The Morgan fingerprint density at radius 3 is 2.41 bits per heavy atom. The molecule has 17 heavy (non-hydrogen) atoms. The number of halogens is 3. The molecule has 86 valence electrons. The second kappa shape index (κ2) is 4.82. The van der Waals surface area contributed by atoms with Crippen LogP contribution in [0.1, 0.15) is 16.1 Å². The van der Waals surface area contributed by atoms with Crippen LogP contribution in [0.4, 0.5) is 4.39 Å². The molecule has 1 aromatic carbocycles. The minimum absolute atomic E-state index is 0.0655. The predicted molar refractivity (Wildman–Crippen MR) is 64.1 cm³/mol. The third-order valence-corrected chi connectivity index (χ3v) is 2.59. The van der Waals surface area contributed by atoms with Gasteiger partial charge in [0.25, 0.3) is 0 Å². The Balaban J connectivity index is 2.40. The average molecular weight is 270 g/mol. The van der Waals surface area contributed by atoms with Gasteiger partial charge in [-0.3, -0.25) is 9.78 Å². The number of hydrogen-bond donors (Lipinski definition) is 0. The molecule has 0 atom stereocenters. The lowest BCUT2D eigenvalue weighted by molar-refractivity contribution is 0.103. The molecule has 0 bridgehead atoms. The Bertz CT molecular complexity index is 569. The molecule has 0 N–H and O–H groups in total. The summed E-state index contributed by atoms with van der Waals surface area (Å²) in [5.41, 5.74) is 0.0693. The number of benzene rings is 1. The van der Waals surface area contributed by atoms with E-state index in [0.29, 0.717) is 5.02 Å². The highest BCUT2D eigenvalue weighted by Gasteiger charge is 2.15. The van der Waals surface area contributed by atoms with E-state index in [0.717, 1.165) is 6.07 Å². The number of carbonyl (C=O) groups excluding carboxylic acids is 1. The van der Waals surface area contributed by atoms with Gasteiger partial charge in [0.1, 0.15) is 11.5 Å². The van der Waals surface area contributed by atoms with E-state index in [1.54, 1.807) is 0 Å². The van der Waals surface area contributed by atoms with Crippen molar-refractivity contribution in [2.75, 3.05) is 0 Å². The van der Waals surface area contributed by atoms with Crippen LogP contribution in [0, 0.1) is 5.82 Å². The second-order valence-electron chi connectivity index (χ2n) is 3.31. The number of rotatable bonds is 2. The van der Waals surface area contributed by atoms with E-state index in [4.69, 9.17) is 23.2 Å². The van der Waals surface area contributed by atoms with Crippen LogP contribution in [-0.4, -0.2) is 10.8 Å². The van der Waals surface area contributed by atoms with Crippen LogP contribution in [0.2, 0.25) is 10.0 Å². The molecule has 1 heterocycles. The number of ketones is 1. The van der Waals surface area contributed by atoms with Crippen molar-refractivity contribution < 1.29 is 9.18 Å². The summed E-state index contributed by atoms with van der Waals surface area (Å²) in [6.07, 6.45) is 1.34. The van der Waals surface area contributed by atoms with Crippen LogP contribution >= 0.6 is 23.2 Å². The summed E-state index contributed by atoms with van der Waals surface area (Å²) >= 11 is 11.3. The van der Waals surface area contributed by atoms with E-state index in [2.05, 4.69) is 4.98 Å². The van der Waals surface area contributed by atoms with Gasteiger partial charge in [-0.05, 0) is 30.3 Å². The molecule has 0 radical (unpaired) electrons. The fourth-order valence-corrected chi connectivity index (χ4v) is 1.59. The van der Waals surface area contributed by atoms with Crippen LogP contribution in [0.3, 0.4) is 0 Å². The number of carbonyl (C=O) groups is 1. The van der Waals surface area contributed by atoms with E-state index in [9.17, 15) is 9.18 Å². The zero-order valence-electron chi connectivity index (χ0n) is 8.45. The molecule has 0 aliphatic rings. The lowest BCUT2D eigenvalue weighted by atomic mass is 10.1. The van der Waals surface area contributed by atoms with Crippen LogP contribution in [0.15, 0.2) is 36.5 Å². The van der Waals surface area contributed by atoms with Gasteiger partial charge < -0.3 is 0 Å². The third kappa shape index (κ3) is 2.62. The molecule has 0 fully saturated rings. The molecular weight excluding hydrogens is 264 g/mol. The normalized spacial score (nSPS) is 10.3. The van der Waals surface area contributed by atoms with E-state index in [1.165, 1.54) is 30.5 Å². The summed E-state index contributed by atoms with van der Waals surface area (Å²) in [5, 5.41) is 0.654. The predicted octanol–water partition coefficient (Wildman–Crippen LogP) is 3.76. The van der Waals surface area contributed by atoms with E-state index in [1.807, 2.05) is 0 Å². The first-order chi connectivity index (χ1) is 8.08. The standard InChI is InChI=1S/C12H6Cl2FNO/c13-7-1-3-9(10(15)5-7)12(17)11-4-2-8(14)6-16-11/h1-6H. The van der Waals surface area contributed by atoms with Crippen LogP contribution in [0.5, 0.6) is 0 Å². The number of hydrogen-bond acceptors (Lipinski definition) is 2. The highest BCUT2D eigenvalue weighted by Crippen LogP contribution is 2.17. The molecule has 1 aromatic heterocycles. The number of nitrogens with zero attached hydrogens (tertiary/aromatic N) is 1. The molecular formula is C12H6Cl2FNO. The maximum atomic E-state index is 13.5. The van der Waals surface area contributed by atoms with E-state index in [-0.39, 0.29) is 16.3 Å². The van der Waals surface area contributed by atoms with Crippen LogP contribution < -0.4 is 0 Å². The maximum Gasteiger partial charge on any atom is 0.214 e. The second-order valence-corrected chi connectivity index (χ2v) is 4.19. The van der Waals surface area contributed by atoms with Gasteiger partial charge in [0.2, 0.25) is 5.78 Å². The molecule has 2 rings (SSSR count). The summed E-state index contributed by atoms with van der Waals surface area (Å²) in [6, 6.07) is 6.84. The highest BCUT2D eigenvalue weighted by molar-refractivity contribution is 6.31. The molecule has 5 heteroatoms. The smallest absolute Gasteiger partial charge is 0.214 e. The Morgan fingerprint density at radius 2 is 1.82 bits per heavy atom. The lowest BCUT2D eigenvalue weighted by Gasteiger charge is -2.02. The van der Waals surface area contributed by atoms with Crippen molar-refractivity contribution in [3.8, 4) is 0 Å². The van der Waals surface area contributed by atoms with Gasteiger partial charge in [0, 0.05) is 11.2 Å². The van der Waals surface area contributed by atoms with Crippen molar-refractivity contribution in [1.29, 1.82) is 0 Å². The molecule has 2 nitrogen and oxygen atoms in total. The van der Waals surface area contributed by atoms with Crippen LogP contribution in [-0.2, 0) is 0 Å². The maximum absolute atomic E-state index is 13.5. The average Bonchev–Trinajstić information content (AvgIpc) is 2.29. The summed E-state index contributed by atoms with van der Waals surface area (Å²) in [7, 11) is 0. The number of pyridine rings is 1. The van der Waals surface area contributed by atoms with Crippen molar-refractivity contribution in [1.82, 2.24) is 4.98 Å². The minimum Gasteiger partial charge on any atom is -0.287 e. The molecule has 0 saturated carbocycles. The topological polar surface area (TPSA) is 30.0 Å². The molecule has 0 unspecified atom stereocenters. The summed E-state index contributed by atoms with van der Waals surface area (Å²) < 4.78 is 13.5. The Morgan fingerprint density at radius 1 is 1.12 bits per heavy atom. The molecule has 2 aromatic rings. The number of aromatic nitrogens is 1. The van der Waals surface area contributed by atoms with Gasteiger partial charge in [0.15, 0.2) is 0 Å². The van der Waals surface area contributed by atoms with Gasteiger partial charge in [-0.25, -0.2) is 4.39 Å². The summed E-state index contributed by atoms with van der Waals surface area (Å²) in [4.78, 5) is 15.7. The zero-order valence-corrected chi connectivity index (χ0v) is 9.97. The summed E-state index contributed by atoms with van der Waals surface area (Å²) in [6.45, 7) is 0. The van der Waals surface area contributed by atoms with Gasteiger partial charge >= 0.3 is 0 Å². The first-order valence-electron chi connectivity index (χ1n) is 4.69. The van der Waals surface area contributed by atoms with Crippen molar-refractivity contribution in [3.63, 3.8) is 0 Å². The molecule has 0 aliphatic carbocycles. The van der Waals surface area contributed by atoms with Gasteiger partial charge in [-0.1, -0.05) is 23.2 Å². The first-order valence-corrected chi connectivity index (χ1v) is 5.45. The fourth-order valence-electron chi connectivity index (χ4n) is 1.32. The van der Waals surface area contributed by atoms with Gasteiger partial charge in [0.05, 0.1) is 10.6 Å². The first kappa shape index (κ1) is 12.0.